The molecular formula is C31H36ClN3O2. The van der Waals surface area contributed by atoms with Crippen LogP contribution in [-0.4, -0.2) is 28.6 Å². The normalized spacial score (nSPS) is 12.0. The zero-order valence-corrected chi connectivity index (χ0v) is 22.5. The van der Waals surface area contributed by atoms with E-state index >= 15 is 0 Å². The maximum atomic E-state index is 12.4. The third-order valence-corrected chi connectivity index (χ3v) is 7.15. The van der Waals surface area contributed by atoms with Gasteiger partial charge in [-0.25, -0.2) is 4.98 Å². The number of hydrogen-bond donors (Lipinski definition) is 1. The van der Waals surface area contributed by atoms with Gasteiger partial charge in [0.1, 0.15) is 11.6 Å². The highest BCUT2D eigenvalue weighted by Gasteiger charge is 2.12. The molecule has 0 aliphatic rings. The molecule has 0 aliphatic carbocycles. The highest BCUT2D eigenvalue weighted by molar-refractivity contribution is 6.33. The van der Waals surface area contributed by atoms with E-state index in [1.54, 1.807) is 12.1 Å². The summed E-state index contributed by atoms with van der Waals surface area (Å²) in [5.41, 5.74) is 4.03. The van der Waals surface area contributed by atoms with Gasteiger partial charge in [-0.3, -0.25) is 4.79 Å². The van der Waals surface area contributed by atoms with Crippen molar-refractivity contribution >= 4 is 28.5 Å². The Kier molecular flexibility index (Phi) is 9.61. The Labute approximate surface area is 224 Å². The molecule has 0 saturated heterocycles. The summed E-state index contributed by atoms with van der Waals surface area (Å²) >= 11 is 6.14. The number of fused-ring (bicyclic) bond motifs is 1. The lowest BCUT2D eigenvalue weighted by Gasteiger charge is -2.12. The summed E-state index contributed by atoms with van der Waals surface area (Å²) in [4.78, 5) is 17.3. The number of nitrogens with zero attached hydrogens (tertiary/aromatic N) is 2. The molecule has 0 fully saturated rings. The van der Waals surface area contributed by atoms with Crippen LogP contribution in [0.15, 0.2) is 72.8 Å². The lowest BCUT2D eigenvalue weighted by atomic mass is 9.99. The lowest BCUT2D eigenvalue weighted by molar-refractivity contribution is 0.0953. The van der Waals surface area contributed by atoms with E-state index in [1.807, 2.05) is 18.2 Å². The number of hydrogen-bond acceptors (Lipinski definition) is 3. The standard InChI is InChI=1S/C31H36ClN3O2/c1-3-23(2)24-16-18-25(19-17-24)37-22-9-8-21-35-29-14-7-6-13-28(29)34-30(35)15-10-20-33-31(36)26-11-4-5-12-27(26)32/h4-7,11-14,16-19,23H,3,8-10,15,20-22H2,1-2H3,(H,33,36). The third-order valence-electron chi connectivity index (χ3n) is 6.82. The molecule has 4 aromatic rings. The van der Waals surface area contributed by atoms with Crippen molar-refractivity contribution in [2.75, 3.05) is 13.2 Å². The minimum absolute atomic E-state index is 0.145. The first-order valence-electron chi connectivity index (χ1n) is 13.3. The number of aromatic nitrogens is 2. The molecule has 5 nitrogen and oxygen atoms in total. The van der Waals surface area contributed by atoms with E-state index in [1.165, 1.54) is 5.56 Å². The number of nitrogens with one attached hydrogen (secondary N) is 1. The Balaban J connectivity index is 1.27. The summed E-state index contributed by atoms with van der Waals surface area (Å²) in [6, 6.07) is 23.9. The van der Waals surface area contributed by atoms with Crippen molar-refractivity contribution in [3.8, 4) is 5.75 Å². The van der Waals surface area contributed by atoms with Crippen molar-refractivity contribution in [2.45, 2.75) is 58.4 Å². The van der Waals surface area contributed by atoms with E-state index < -0.39 is 0 Å². The Hall–Kier alpha value is -3.31. The number of aryl methyl sites for hydroxylation is 2. The number of carbonyl (C=O) groups is 1. The van der Waals surface area contributed by atoms with Gasteiger partial charge in [-0.2, -0.15) is 0 Å². The van der Waals surface area contributed by atoms with Crippen LogP contribution in [0.1, 0.15) is 67.2 Å². The molecule has 1 amide bonds. The van der Waals surface area contributed by atoms with Crippen molar-refractivity contribution in [1.82, 2.24) is 14.9 Å². The summed E-state index contributed by atoms with van der Waals surface area (Å²) in [5, 5.41) is 3.44. The molecule has 3 aromatic carbocycles. The Morgan fingerprint density at radius 1 is 1.00 bits per heavy atom. The summed E-state index contributed by atoms with van der Waals surface area (Å²) in [7, 11) is 0. The lowest BCUT2D eigenvalue weighted by Crippen LogP contribution is -2.25. The first-order valence-corrected chi connectivity index (χ1v) is 13.6. The second-order valence-electron chi connectivity index (χ2n) is 9.44. The average Bonchev–Trinajstić information content (AvgIpc) is 3.28. The van der Waals surface area contributed by atoms with Crippen LogP contribution in [0.25, 0.3) is 11.0 Å². The van der Waals surface area contributed by atoms with Crippen LogP contribution < -0.4 is 10.1 Å². The Morgan fingerprint density at radius 2 is 1.76 bits per heavy atom. The van der Waals surface area contributed by atoms with Crippen molar-refractivity contribution in [3.63, 3.8) is 0 Å². The summed E-state index contributed by atoms with van der Waals surface area (Å²) < 4.78 is 8.30. The van der Waals surface area contributed by atoms with Crippen LogP contribution in [0.2, 0.25) is 5.02 Å². The predicted molar refractivity (Wildman–Crippen MR) is 152 cm³/mol. The fourth-order valence-corrected chi connectivity index (χ4v) is 4.67. The highest BCUT2D eigenvalue weighted by Crippen LogP contribution is 2.22. The molecular weight excluding hydrogens is 482 g/mol. The number of imidazole rings is 1. The van der Waals surface area contributed by atoms with Crippen LogP contribution in [0.3, 0.4) is 0 Å². The topological polar surface area (TPSA) is 56.1 Å². The van der Waals surface area contributed by atoms with E-state index in [0.29, 0.717) is 29.7 Å². The summed E-state index contributed by atoms with van der Waals surface area (Å²) in [6.07, 6.45) is 4.70. The highest BCUT2D eigenvalue weighted by atomic mass is 35.5. The molecule has 1 unspecified atom stereocenters. The zero-order chi connectivity index (χ0) is 26.0. The first kappa shape index (κ1) is 26.7. The molecule has 6 heteroatoms. The molecule has 0 spiro atoms. The quantitative estimate of drug-likeness (QED) is 0.188. The van der Waals surface area contributed by atoms with Gasteiger partial charge in [0.05, 0.1) is 28.2 Å². The predicted octanol–water partition coefficient (Wildman–Crippen LogP) is 7.43. The van der Waals surface area contributed by atoms with E-state index in [2.05, 4.69) is 66.2 Å². The Morgan fingerprint density at radius 3 is 2.54 bits per heavy atom. The molecule has 0 radical (unpaired) electrons. The monoisotopic (exact) mass is 517 g/mol. The number of halogens is 1. The van der Waals surface area contributed by atoms with Gasteiger partial charge < -0.3 is 14.6 Å². The van der Waals surface area contributed by atoms with Crippen LogP contribution in [0, 0.1) is 0 Å². The smallest absolute Gasteiger partial charge is 0.252 e. The first-order chi connectivity index (χ1) is 18.1. The molecule has 0 bridgehead atoms. The molecule has 0 aliphatic heterocycles. The number of ether oxygens (including phenoxy) is 1. The maximum Gasteiger partial charge on any atom is 0.252 e. The number of benzene rings is 3. The van der Waals surface area contributed by atoms with Gasteiger partial charge >= 0.3 is 0 Å². The molecule has 37 heavy (non-hydrogen) atoms. The van der Waals surface area contributed by atoms with Crippen LogP contribution in [0.5, 0.6) is 5.75 Å². The van der Waals surface area contributed by atoms with Gasteiger partial charge in [0, 0.05) is 19.5 Å². The summed E-state index contributed by atoms with van der Waals surface area (Å²) in [6.45, 7) is 6.61. The average molecular weight is 518 g/mol. The third kappa shape index (κ3) is 7.14. The van der Waals surface area contributed by atoms with Crippen LogP contribution in [-0.2, 0) is 13.0 Å². The molecule has 1 heterocycles. The maximum absolute atomic E-state index is 12.4. The SMILES string of the molecule is CCC(C)c1ccc(OCCCCn2c(CCCNC(=O)c3ccccc3Cl)nc3ccccc32)cc1. The van der Waals surface area contributed by atoms with E-state index in [4.69, 9.17) is 21.3 Å². The second-order valence-corrected chi connectivity index (χ2v) is 9.85. The van der Waals surface area contributed by atoms with Gasteiger partial charge in [-0.15, -0.1) is 0 Å². The molecule has 4 rings (SSSR count). The zero-order valence-electron chi connectivity index (χ0n) is 21.8. The van der Waals surface area contributed by atoms with Crippen LogP contribution in [0.4, 0.5) is 0 Å². The van der Waals surface area contributed by atoms with E-state index in [9.17, 15) is 4.79 Å². The van der Waals surface area contributed by atoms with Crippen molar-refractivity contribution in [1.29, 1.82) is 0 Å². The van der Waals surface area contributed by atoms with Crippen molar-refractivity contribution in [3.05, 3.63) is 94.8 Å². The number of carbonyl (C=O) groups excluding carboxylic acids is 1. The van der Waals surface area contributed by atoms with Gasteiger partial charge in [-0.05, 0) is 73.6 Å². The molecule has 1 N–H and O–H groups in total. The van der Waals surface area contributed by atoms with E-state index in [-0.39, 0.29) is 5.91 Å². The van der Waals surface area contributed by atoms with Gasteiger partial charge in [0.15, 0.2) is 0 Å². The van der Waals surface area contributed by atoms with Gasteiger partial charge in [-0.1, -0.05) is 61.8 Å². The minimum Gasteiger partial charge on any atom is -0.494 e. The largest absolute Gasteiger partial charge is 0.494 e. The molecule has 1 atom stereocenters. The van der Waals surface area contributed by atoms with Crippen LogP contribution >= 0.6 is 11.6 Å². The number of rotatable bonds is 13. The number of para-hydroxylation sites is 2. The molecule has 1 aromatic heterocycles. The van der Waals surface area contributed by atoms with E-state index in [0.717, 1.165) is 61.3 Å². The molecule has 0 saturated carbocycles. The number of amides is 1. The van der Waals surface area contributed by atoms with Crippen molar-refractivity contribution < 1.29 is 9.53 Å². The minimum atomic E-state index is -0.145. The number of unbranched alkanes of at least 4 members (excludes halogenated alkanes) is 1. The van der Waals surface area contributed by atoms with Gasteiger partial charge in [0.2, 0.25) is 0 Å². The van der Waals surface area contributed by atoms with Gasteiger partial charge in [0.25, 0.3) is 5.91 Å². The Bertz CT molecular complexity index is 1300. The van der Waals surface area contributed by atoms with Crippen molar-refractivity contribution in [2.24, 2.45) is 0 Å². The summed E-state index contributed by atoms with van der Waals surface area (Å²) in [5.74, 6) is 2.41. The second kappa shape index (κ2) is 13.3. The fraction of sp³-hybridized carbons (Fsp3) is 0.355. The fourth-order valence-electron chi connectivity index (χ4n) is 4.45. The molecule has 194 valence electrons.